The summed E-state index contributed by atoms with van der Waals surface area (Å²) in [4.78, 5) is 1.65. The molecule has 0 N–H and O–H groups in total. The highest BCUT2D eigenvalue weighted by molar-refractivity contribution is 7.97. The molecule has 1 aromatic rings. The molecule has 5 heteroatoms. The zero-order valence-electron chi connectivity index (χ0n) is 6.40. The van der Waals surface area contributed by atoms with Crippen molar-refractivity contribution in [2.24, 2.45) is 0 Å². The topological polar surface area (TPSA) is 43.6 Å². The van der Waals surface area contributed by atoms with E-state index >= 15 is 0 Å². The molecule has 0 unspecified atom stereocenters. The van der Waals surface area contributed by atoms with Crippen LogP contribution in [0.5, 0.6) is 0 Å². The van der Waals surface area contributed by atoms with E-state index < -0.39 is 0 Å². The zero-order valence-corrected chi connectivity index (χ0v) is 7.21. The molecule has 0 aliphatic heterocycles. The Balaban J connectivity index is 2.06. The lowest BCUT2D eigenvalue weighted by molar-refractivity contribution is 0.616. The minimum absolute atomic E-state index is 0.616. The summed E-state index contributed by atoms with van der Waals surface area (Å²) >= 11 is 1.70. The van der Waals surface area contributed by atoms with Crippen molar-refractivity contribution in [3.05, 3.63) is 5.82 Å². The van der Waals surface area contributed by atoms with Crippen LogP contribution in [0.25, 0.3) is 0 Å². The average Bonchev–Trinajstić information content (AvgIpc) is 2.75. The lowest BCUT2D eigenvalue weighted by atomic mass is 10.4. The van der Waals surface area contributed by atoms with Crippen LogP contribution in [-0.4, -0.2) is 26.5 Å². The van der Waals surface area contributed by atoms with Gasteiger partial charge in [-0.15, -0.1) is 22.0 Å². The number of hydrogen-bond donors (Lipinski definition) is 0. The third-order valence-corrected chi connectivity index (χ3v) is 2.14. The predicted octanol–water partition coefficient (Wildman–Crippen LogP) is 0.871. The number of hydrogen-bond acceptors (Lipinski definition) is 4. The number of thioether (sulfide) groups is 1. The van der Waals surface area contributed by atoms with E-state index in [9.17, 15) is 0 Å². The fourth-order valence-electron chi connectivity index (χ4n) is 0.931. The molecule has 1 aliphatic rings. The van der Waals surface area contributed by atoms with E-state index in [-0.39, 0.29) is 0 Å². The monoisotopic (exact) mass is 170 g/mol. The first-order chi connectivity index (χ1) is 5.40. The van der Waals surface area contributed by atoms with Gasteiger partial charge in [-0.2, -0.15) is 4.80 Å². The molecule has 4 nitrogen and oxygen atoms in total. The maximum atomic E-state index is 4.24. The summed E-state index contributed by atoms with van der Waals surface area (Å²) in [5, 5.41) is 12.1. The Bertz CT molecular complexity index is 242. The van der Waals surface area contributed by atoms with Crippen LogP contribution in [0.15, 0.2) is 0 Å². The second-order valence-electron chi connectivity index (χ2n) is 2.71. The van der Waals surface area contributed by atoms with E-state index in [1.807, 2.05) is 6.26 Å². The lowest BCUT2D eigenvalue weighted by Crippen LogP contribution is -1.98. The van der Waals surface area contributed by atoms with Crippen molar-refractivity contribution in [1.29, 1.82) is 0 Å². The van der Waals surface area contributed by atoms with Crippen LogP contribution in [0.3, 0.4) is 0 Å². The molecule has 0 spiro atoms. The van der Waals surface area contributed by atoms with Crippen LogP contribution < -0.4 is 0 Å². The van der Waals surface area contributed by atoms with Crippen molar-refractivity contribution in [2.45, 2.75) is 24.6 Å². The molecule has 0 atom stereocenters. The summed E-state index contributed by atoms with van der Waals surface area (Å²) in [6.07, 6.45) is 4.51. The Labute approximate surface area is 69.4 Å². The molecule has 0 radical (unpaired) electrons. The van der Waals surface area contributed by atoms with Gasteiger partial charge in [0, 0.05) is 5.92 Å². The Morgan fingerprint density at radius 1 is 1.64 bits per heavy atom. The van der Waals surface area contributed by atoms with E-state index in [1.165, 1.54) is 12.8 Å². The van der Waals surface area contributed by atoms with Gasteiger partial charge in [0.15, 0.2) is 5.82 Å². The summed E-state index contributed by atoms with van der Waals surface area (Å²) in [7, 11) is 0. The van der Waals surface area contributed by atoms with E-state index in [4.69, 9.17) is 0 Å². The minimum atomic E-state index is 0.616. The molecule has 0 amide bonds. The highest BCUT2D eigenvalue weighted by Crippen LogP contribution is 2.37. The van der Waals surface area contributed by atoms with Crippen LogP contribution in [-0.2, 0) is 5.88 Å². The number of tetrazole rings is 1. The first kappa shape index (κ1) is 7.09. The van der Waals surface area contributed by atoms with Crippen molar-refractivity contribution in [3.8, 4) is 0 Å². The number of rotatable bonds is 3. The molecule has 1 aliphatic carbocycles. The summed E-state index contributed by atoms with van der Waals surface area (Å²) < 4.78 is 0. The standard InChI is InChI=1S/C6H10N4S/c1-11-4-10-8-6(7-9-10)5-2-3-5/h5H,2-4H2,1H3. The van der Waals surface area contributed by atoms with Gasteiger partial charge in [0.2, 0.25) is 0 Å². The van der Waals surface area contributed by atoms with Gasteiger partial charge in [0.1, 0.15) is 5.88 Å². The minimum Gasteiger partial charge on any atom is -0.154 e. The Morgan fingerprint density at radius 3 is 3.09 bits per heavy atom. The average molecular weight is 170 g/mol. The zero-order chi connectivity index (χ0) is 7.68. The molecular weight excluding hydrogens is 160 g/mol. The molecular formula is C6H10N4S. The number of nitrogens with zero attached hydrogens (tertiary/aromatic N) is 4. The first-order valence-corrected chi connectivity index (χ1v) is 5.06. The third-order valence-electron chi connectivity index (χ3n) is 1.66. The highest BCUT2D eigenvalue weighted by Gasteiger charge is 2.28. The van der Waals surface area contributed by atoms with E-state index in [2.05, 4.69) is 15.4 Å². The lowest BCUT2D eigenvalue weighted by Gasteiger charge is -1.90. The molecule has 0 bridgehead atoms. The Morgan fingerprint density at radius 2 is 2.45 bits per heavy atom. The van der Waals surface area contributed by atoms with E-state index in [1.54, 1.807) is 16.6 Å². The van der Waals surface area contributed by atoms with Crippen LogP contribution in [0.4, 0.5) is 0 Å². The molecule has 11 heavy (non-hydrogen) atoms. The molecule has 1 aromatic heterocycles. The Kier molecular flexibility index (Phi) is 1.81. The van der Waals surface area contributed by atoms with Crippen LogP contribution in [0.1, 0.15) is 24.6 Å². The second kappa shape index (κ2) is 2.81. The van der Waals surface area contributed by atoms with Gasteiger partial charge in [0.05, 0.1) is 0 Å². The van der Waals surface area contributed by atoms with Crippen molar-refractivity contribution >= 4 is 11.8 Å². The summed E-state index contributed by atoms with van der Waals surface area (Å²) in [6.45, 7) is 0. The maximum Gasteiger partial charge on any atom is 0.177 e. The quantitative estimate of drug-likeness (QED) is 0.675. The molecule has 1 fully saturated rings. The van der Waals surface area contributed by atoms with Crippen molar-refractivity contribution in [2.75, 3.05) is 6.26 Å². The smallest absolute Gasteiger partial charge is 0.154 e. The van der Waals surface area contributed by atoms with Crippen LogP contribution in [0, 0.1) is 0 Å². The second-order valence-corrected chi connectivity index (χ2v) is 3.55. The van der Waals surface area contributed by atoms with Crippen LogP contribution in [0.2, 0.25) is 0 Å². The summed E-state index contributed by atoms with van der Waals surface area (Å²) in [5.74, 6) is 2.35. The molecule has 2 rings (SSSR count). The van der Waals surface area contributed by atoms with Crippen molar-refractivity contribution < 1.29 is 0 Å². The highest BCUT2D eigenvalue weighted by atomic mass is 32.2. The maximum absolute atomic E-state index is 4.24. The van der Waals surface area contributed by atoms with E-state index in [0.29, 0.717) is 5.92 Å². The number of aromatic nitrogens is 4. The Hall–Kier alpha value is -0.580. The predicted molar refractivity (Wildman–Crippen MR) is 43.3 cm³/mol. The van der Waals surface area contributed by atoms with Crippen LogP contribution >= 0.6 is 11.8 Å². The van der Waals surface area contributed by atoms with E-state index in [0.717, 1.165) is 11.7 Å². The fourth-order valence-corrected chi connectivity index (χ4v) is 1.27. The normalized spacial score (nSPS) is 17.2. The van der Waals surface area contributed by atoms with Gasteiger partial charge in [-0.05, 0) is 24.3 Å². The largest absolute Gasteiger partial charge is 0.177 e. The van der Waals surface area contributed by atoms with Crippen molar-refractivity contribution in [1.82, 2.24) is 20.2 Å². The molecule has 1 heterocycles. The fraction of sp³-hybridized carbons (Fsp3) is 0.833. The SMILES string of the molecule is CSCn1nnc(C2CC2)n1. The molecule has 1 saturated carbocycles. The van der Waals surface area contributed by atoms with Gasteiger partial charge in [0.25, 0.3) is 0 Å². The first-order valence-electron chi connectivity index (χ1n) is 3.67. The summed E-state index contributed by atoms with van der Waals surface area (Å²) in [5.41, 5.74) is 0. The van der Waals surface area contributed by atoms with Gasteiger partial charge in [-0.25, -0.2) is 0 Å². The van der Waals surface area contributed by atoms with Crippen molar-refractivity contribution in [3.63, 3.8) is 0 Å². The molecule has 0 saturated heterocycles. The molecule has 60 valence electrons. The summed E-state index contributed by atoms with van der Waals surface area (Å²) in [6, 6.07) is 0. The van der Waals surface area contributed by atoms with Gasteiger partial charge < -0.3 is 0 Å². The van der Waals surface area contributed by atoms with Gasteiger partial charge >= 0.3 is 0 Å². The van der Waals surface area contributed by atoms with Gasteiger partial charge in [-0.3, -0.25) is 0 Å². The molecule has 0 aromatic carbocycles. The third kappa shape index (κ3) is 1.53. The van der Waals surface area contributed by atoms with Gasteiger partial charge in [-0.1, -0.05) is 0 Å².